The van der Waals surface area contributed by atoms with Gasteiger partial charge in [-0.15, -0.1) is 0 Å². The number of carboxylic acids is 1. The van der Waals surface area contributed by atoms with Crippen molar-refractivity contribution in [3.05, 3.63) is 88.5 Å². The minimum absolute atomic E-state index is 0.0106. The second kappa shape index (κ2) is 6.96. The van der Waals surface area contributed by atoms with Crippen molar-refractivity contribution in [3.63, 3.8) is 0 Å². The van der Waals surface area contributed by atoms with Crippen LogP contribution in [0.2, 0.25) is 0 Å². The third-order valence-electron chi connectivity index (χ3n) is 5.49. The largest absolute Gasteiger partial charge is 0.534 e. The normalized spacial score (nSPS) is 18.8. The lowest BCUT2D eigenvalue weighted by Crippen LogP contribution is -2.34. The van der Waals surface area contributed by atoms with Gasteiger partial charge in [-0.25, -0.2) is 4.79 Å². The van der Waals surface area contributed by atoms with Gasteiger partial charge >= 0.3 is 21.6 Å². The van der Waals surface area contributed by atoms with Gasteiger partial charge < -0.3 is 18.8 Å². The van der Waals surface area contributed by atoms with Crippen molar-refractivity contribution < 1.29 is 45.1 Å². The molecule has 1 atom stereocenters. The Bertz CT molecular complexity index is 1420. The van der Waals surface area contributed by atoms with Gasteiger partial charge in [-0.05, 0) is 41.5 Å². The fourth-order valence-corrected chi connectivity index (χ4v) is 4.60. The first-order chi connectivity index (χ1) is 15.5. The van der Waals surface area contributed by atoms with E-state index in [0.29, 0.717) is 22.4 Å². The minimum atomic E-state index is -6.01. The molecule has 2 aliphatic heterocycles. The fourth-order valence-electron chi connectivity index (χ4n) is 4.13. The molecule has 0 bridgehead atoms. The number of halogens is 3. The van der Waals surface area contributed by atoms with Crippen LogP contribution < -0.4 is 8.92 Å². The molecule has 1 N–H and O–H groups in total. The molecular formula is C22H13F3O7S. The van der Waals surface area contributed by atoms with E-state index >= 15 is 0 Å². The highest BCUT2D eigenvalue weighted by atomic mass is 32.2. The monoisotopic (exact) mass is 478 g/mol. The van der Waals surface area contributed by atoms with Crippen LogP contribution in [0.25, 0.3) is 0 Å². The lowest BCUT2D eigenvalue weighted by molar-refractivity contribution is -0.0502. The Morgan fingerprint density at radius 3 is 2.45 bits per heavy atom. The van der Waals surface area contributed by atoms with E-state index in [2.05, 4.69) is 4.18 Å². The van der Waals surface area contributed by atoms with Crippen LogP contribution in [0.3, 0.4) is 0 Å². The van der Waals surface area contributed by atoms with Crippen LogP contribution in [0, 0.1) is 0 Å². The van der Waals surface area contributed by atoms with E-state index in [1.54, 1.807) is 30.3 Å². The second-order valence-corrected chi connectivity index (χ2v) is 8.90. The molecule has 0 amide bonds. The number of aromatic carboxylic acids is 1. The summed E-state index contributed by atoms with van der Waals surface area (Å²) in [5, 5.41) is 9.50. The predicted molar refractivity (Wildman–Crippen MR) is 107 cm³/mol. The number of carbonyl (C=O) groups is 1. The van der Waals surface area contributed by atoms with Crippen molar-refractivity contribution in [2.75, 3.05) is 0 Å². The zero-order valence-electron chi connectivity index (χ0n) is 16.4. The molecule has 3 aromatic carbocycles. The van der Waals surface area contributed by atoms with Crippen LogP contribution in [0.4, 0.5) is 13.2 Å². The van der Waals surface area contributed by atoms with E-state index in [0.717, 1.165) is 6.07 Å². The van der Waals surface area contributed by atoms with Crippen LogP contribution >= 0.6 is 0 Å². The summed E-state index contributed by atoms with van der Waals surface area (Å²) in [4.78, 5) is 11.6. The van der Waals surface area contributed by atoms with Crippen molar-refractivity contribution in [1.29, 1.82) is 0 Å². The molecule has 170 valence electrons. The first-order valence-corrected chi connectivity index (χ1v) is 10.9. The fraction of sp³-hybridized carbons (Fsp3) is 0.136. The molecule has 7 nitrogen and oxygen atoms in total. The number of fused-ring (bicyclic) bond motifs is 6. The Hall–Kier alpha value is -3.57. The summed E-state index contributed by atoms with van der Waals surface area (Å²) in [6.45, 7) is -0.0106. The van der Waals surface area contributed by atoms with E-state index in [4.69, 9.17) is 9.47 Å². The van der Waals surface area contributed by atoms with Crippen molar-refractivity contribution >= 4 is 16.1 Å². The van der Waals surface area contributed by atoms with Crippen LogP contribution in [0.15, 0.2) is 60.7 Å². The molecule has 1 unspecified atom stereocenters. The topological polar surface area (TPSA) is 99.1 Å². The van der Waals surface area contributed by atoms with Crippen molar-refractivity contribution in [2.24, 2.45) is 0 Å². The predicted octanol–water partition coefficient (Wildman–Crippen LogP) is 4.54. The van der Waals surface area contributed by atoms with Crippen molar-refractivity contribution in [2.45, 2.75) is 17.7 Å². The molecule has 0 aromatic heterocycles. The van der Waals surface area contributed by atoms with Gasteiger partial charge in [-0.1, -0.05) is 30.3 Å². The molecule has 0 aliphatic carbocycles. The maximum absolute atomic E-state index is 13.1. The molecule has 2 heterocycles. The molecule has 0 radical (unpaired) electrons. The number of ether oxygens (including phenoxy) is 2. The average molecular weight is 478 g/mol. The Labute approximate surface area is 185 Å². The molecule has 3 aromatic rings. The SMILES string of the molecule is O=C(O)c1ccc2c(c1)C1(OC2)c2ccccc2Oc2cccc(OS(=O)(=O)C(F)(F)F)c21. The van der Waals surface area contributed by atoms with Crippen LogP contribution in [0.5, 0.6) is 17.2 Å². The maximum atomic E-state index is 13.1. The highest BCUT2D eigenvalue weighted by Crippen LogP contribution is 2.58. The van der Waals surface area contributed by atoms with E-state index < -0.39 is 32.9 Å². The van der Waals surface area contributed by atoms with E-state index in [1.807, 2.05) is 0 Å². The second-order valence-electron chi connectivity index (χ2n) is 7.36. The van der Waals surface area contributed by atoms with Gasteiger partial charge in [0.25, 0.3) is 0 Å². The third kappa shape index (κ3) is 3.07. The summed E-state index contributed by atoms with van der Waals surface area (Å²) < 4.78 is 79.5. The quantitative estimate of drug-likeness (QED) is 0.436. The molecule has 0 saturated carbocycles. The lowest BCUT2D eigenvalue weighted by Gasteiger charge is -2.38. The number of hydrogen-bond acceptors (Lipinski definition) is 6. The van der Waals surface area contributed by atoms with Crippen LogP contribution in [0.1, 0.15) is 32.6 Å². The molecule has 0 fully saturated rings. The van der Waals surface area contributed by atoms with E-state index in [1.165, 1.54) is 24.3 Å². The zero-order valence-corrected chi connectivity index (χ0v) is 17.2. The molecule has 2 aliphatic rings. The minimum Gasteiger partial charge on any atom is -0.478 e. The van der Waals surface area contributed by atoms with Gasteiger partial charge in [0.05, 0.1) is 17.7 Å². The summed E-state index contributed by atoms with van der Waals surface area (Å²) in [5.41, 5.74) is -6.25. The molecule has 11 heteroatoms. The van der Waals surface area contributed by atoms with Crippen molar-refractivity contribution in [3.8, 4) is 17.2 Å². The van der Waals surface area contributed by atoms with Crippen LogP contribution in [-0.4, -0.2) is 25.0 Å². The number of para-hydroxylation sites is 1. The van der Waals surface area contributed by atoms with Gasteiger partial charge in [0.15, 0.2) is 11.4 Å². The third-order valence-corrected chi connectivity index (χ3v) is 6.46. The number of rotatable bonds is 3. The smallest absolute Gasteiger partial charge is 0.478 e. The standard InChI is InChI=1S/C22H13F3O7S/c23-22(24,25)33(28,29)32-18-7-3-6-17-19(18)21(14-4-1-2-5-16(14)31-17)15-10-12(20(26)27)8-9-13(15)11-30-21/h1-10H,11H2,(H,26,27). The Kier molecular flexibility index (Phi) is 4.49. The number of alkyl halides is 3. The molecule has 1 spiro atoms. The summed E-state index contributed by atoms with van der Waals surface area (Å²) in [6.07, 6.45) is 0. The highest BCUT2D eigenvalue weighted by molar-refractivity contribution is 7.88. The maximum Gasteiger partial charge on any atom is 0.534 e. The Balaban J connectivity index is 1.83. The average Bonchev–Trinajstić information content (AvgIpc) is 3.12. The van der Waals surface area contributed by atoms with Gasteiger partial charge in [0, 0.05) is 5.56 Å². The van der Waals surface area contributed by atoms with Crippen LogP contribution in [-0.2, 0) is 27.1 Å². The lowest BCUT2D eigenvalue weighted by atomic mass is 9.77. The first kappa shape index (κ1) is 21.3. The summed E-state index contributed by atoms with van der Waals surface area (Å²) >= 11 is 0. The molecular weight excluding hydrogens is 465 g/mol. The van der Waals surface area contributed by atoms with Crippen molar-refractivity contribution in [1.82, 2.24) is 0 Å². The first-order valence-electron chi connectivity index (χ1n) is 9.47. The van der Waals surface area contributed by atoms with Gasteiger partial charge in [0.1, 0.15) is 11.5 Å². The van der Waals surface area contributed by atoms with Gasteiger partial charge in [0.2, 0.25) is 0 Å². The highest BCUT2D eigenvalue weighted by Gasteiger charge is 2.54. The molecule has 5 rings (SSSR count). The van der Waals surface area contributed by atoms with E-state index in [-0.39, 0.29) is 23.5 Å². The van der Waals surface area contributed by atoms with Gasteiger partial charge in [-0.2, -0.15) is 21.6 Å². The molecule has 0 saturated heterocycles. The molecule has 33 heavy (non-hydrogen) atoms. The number of hydrogen-bond donors (Lipinski definition) is 1. The summed E-state index contributed by atoms with van der Waals surface area (Å²) in [7, 11) is -6.01. The van der Waals surface area contributed by atoms with Gasteiger partial charge in [-0.3, -0.25) is 0 Å². The summed E-state index contributed by atoms with van der Waals surface area (Å²) in [6, 6.07) is 14.6. The summed E-state index contributed by atoms with van der Waals surface area (Å²) in [5.74, 6) is -1.54. The zero-order chi connectivity index (χ0) is 23.6. The van der Waals surface area contributed by atoms with E-state index in [9.17, 15) is 31.5 Å². The number of carboxylic acid groups (broad SMARTS) is 1. The Morgan fingerprint density at radius 1 is 1.00 bits per heavy atom. The number of benzene rings is 3. The Morgan fingerprint density at radius 2 is 1.73 bits per heavy atom.